The largest absolute Gasteiger partial charge is 0.388 e. The second-order valence-corrected chi connectivity index (χ2v) is 3.66. The van der Waals surface area contributed by atoms with Gasteiger partial charge in [-0.05, 0) is 0 Å². The van der Waals surface area contributed by atoms with Gasteiger partial charge in [0.25, 0.3) is 0 Å². The van der Waals surface area contributed by atoms with Crippen LogP contribution in [-0.4, -0.2) is 30.3 Å². The molecular weight excluding hydrogens is 170 g/mol. The van der Waals surface area contributed by atoms with Gasteiger partial charge in [0.15, 0.2) is 5.78 Å². The molecule has 2 heterocycles. The minimum atomic E-state index is -0.223. The fraction of sp³-hybridized carbons (Fsp3) is 0.778. The van der Waals surface area contributed by atoms with Gasteiger partial charge < -0.3 is 9.57 Å². The van der Waals surface area contributed by atoms with E-state index in [1.165, 1.54) is 6.92 Å². The van der Waals surface area contributed by atoms with Crippen LogP contribution in [0.5, 0.6) is 0 Å². The number of nitrogens with zero attached hydrogens (tertiary/aromatic N) is 1. The first kappa shape index (κ1) is 8.69. The van der Waals surface area contributed by atoms with Crippen molar-refractivity contribution in [2.45, 2.75) is 31.8 Å². The Morgan fingerprint density at radius 3 is 2.69 bits per heavy atom. The lowest BCUT2D eigenvalue weighted by Crippen LogP contribution is -2.36. The van der Waals surface area contributed by atoms with Crippen LogP contribution in [0.15, 0.2) is 5.16 Å². The third-order valence-corrected chi connectivity index (χ3v) is 2.65. The van der Waals surface area contributed by atoms with Gasteiger partial charge in [0, 0.05) is 26.2 Å². The molecule has 0 unspecified atom stereocenters. The molecule has 0 N–H and O–H groups in total. The Hall–Kier alpha value is -0.900. The van der Waals surface area contributed by atoms with Crippen molar-refractivity contribution in [3.63, 3.8) is 0 Å². The van der Waals surface area contributed by atoms with Gasteiger partial charge in [0.1, 0.15) is 11.3 Å². The molecule has 0 aromatic carbocycles. The maximum absolute atomic E-state index is 11.0. The van der Waals surface area contributed by atoms with E-state index >= 15 is 0 Å². The van der Waals surface area contributed by atoms with Crippen LogP contribution in [0.4, 0.5) is 0 Å². The van der Waals surface area contributed by atoms with Crippen molar-refractivity contribution in [2.24, 2.45) is 5.16 Å². The van der Waals surface area contributed by atoms with E-state index in [2.05, 4.69) is 5.16 Å². The van der Waals surface area contributed by atoms with E-state index in [4.69, 9.17) is 9.57 Å². The van der Waals surface area contributed by atoms with Gasteiger partial charge in [-0.2, -0.15) is 0 Å². The lowest BCUT2D eigenvalue weighted by molar-refractivity contribution is -0.111. The predicted octanol–water partition coefficient (Wildman–Crippen LogP) is 0.901. The second-order valence-electron chi connectivity index (χ2n) is 3.66. The Morgan fingerprint density at radius 2 is 2.15 bits per heavy atom. The monoisotopic (exact) mass is 183 g/mol. The molecule has 0 saturated carbocycles. The Bertz CT molecular complexity index is 254. The summed E-state index contributed by atoms with van der Waals surface area (Å²) in [6.07, 6.45) is 2.34. The molecule has 13 heavy (non-hydrogen) atoms. The van der Waals surface area contributed by atoms with E-state index in [1.807, 2.05) is 0 Å². The van der Waals surface area contributed by atoms with E-state index in [0.717, 1.165) is 12.8 Å². The topological polar surface area (TPSA) is 47.9 Å². The zero-order chi connectivity index (χ0) is 9.31. The molecule has 1 fully saturated rings. The van der Waals surface area contributed by atoms with Crippen molar-refractivity contribution >= 4 is 11.5 Å². The van der Waals surface area contributed by atoms with Crippen LogP contribution >= 0.6 is 0 Å². The quantitative estimate of drug-likeness (QED) is 0.606. The lowest BCUT2D eigenvalue weighted by atomic mass is 9.88. The maximum Gasteiger partial charge on any atom is 0.177 e. The van der Waals surface area contributed by atoms with E-state index in [0.29, 0.717) is 25.3 Å². The predicted molar refractivity (Wildman–Crippen MR) is 46.6 cm³/mol. The minimum absolute atomic E-state index is 0.0170. The number of oxime groups is 1. The van der Waals surface area contributed by atoms with Crippen LogP contribution in [0.2, 0.25) is 0 Å². The molecule has 0 bridgehead atoms. The van der Waals surface area contributed by atoms with Crippen molar-refractivity contribution in [3.05, 3.63) is 0 Å². The zero-order valence-corrected chi connectivity index (χ0v) is 7.71. The number of carbonyl (C=O) groups excluding carboxylic acids is 1. The van der Waals surface area contributed by atoms with Gasteiger partial charge in [0.2, 0.25) is 0 Å². The second kappa shape index (κ2) is 3.10. The molecule has 4 nitrogen and oxygen atoms in total. The highest BCUT2D eigenvalue weighted by atomic mass is 16.7. The molecular formula is C9H13NO3. The molecule has 2 rings (SSSR count). The highest BCUT2D eigenvalue weighted by Crippen LogP contribution is 2.33. The van der Waals surface area contributed by atoms with Crippen LogP contribution in [0.25, 0.3) is 0 Å². The smallest absolute Gasteiger partial charge is 0.177 e. The summed E-state index contributed by atoms with van der Waals surface area (Å²) < 4.78 is 5.24. The van der Waals surface area contributed by atoms with E-state index < -0.39 is 0 Å². The molecule has 0 aromatic rings. The molecule has 0 aromatic heterocycles. The molecule has 2 aliphatic heterocycles. The normalized spacial score (nSPS) is 25.5. The number of hydrogen-bond donors (Lipinski definition) is 0. The number of rotatable bonds is 1. The van der Waals surface area contributed by atoms with Gasteiger partial charge in [0.05, 0.1) is 13.2 Å². The molecule has 1 spiro atoms. The fourth-order valence-electron chi connectivity index (χ4n) is 1.72. The van der Waals surface area contributed by atoms with Gasteiger partial charge in [-0.15, -0.1) is 0 Å². The van der Waals surface area contributed by atoms with Crippen LogP contribution in [-0.2, 0) is 14.4 Å². The fourth-order valence-corrected chi connectivity index (χ4v) is 1.72. The first-order chi connectivity index (χ1) is 6.22. The summed E-state index contributed by atoms with van der Waals surface area (Å²) in [7, 11) is 0. The Morgan fingerprint density at radius 1 is 1.46 bits per heavy atom. The zero-order valence-electron chi connectivity index (χ0n) is 7.71. The third kappa shape index (κ3) is 1.58. The molecule has 0 atom stereocenters. The van der Waals surface area contributed by atoms with E-state index in [9.17, 15) is 4.79 Å². The molecule has 4 heteroatoms. The number of ketones is 1. The molecule has 72 valence electrons. The number of hydrogen-bond acceptors (Lipinski definition) is 4. The minimum Gasteiger partial charge on any atom is -0.388 e. The van der Waals surface area contributed by atoms with Gasteiger partial charge >= 0.3 is 0 Å². The summed E-state index contributed by atoms with van der Waals surface area (Å²) in [6.45, 7) is 2.95. The highest BCUT2D eigenvalue weighted by Gasteiger charge is 2.41. The van der Waals surface area contributed by atoms with Crippen molar-refractivity contribution in [1.29, 1.82) is 0 Å². The van der Waals surface area contributed by atoms with Crippen LogP contribution < -0.4 is 0 Å². The van der Waals surface area contributed by atoms with Gasteiger partial charge in [-0.3, -0.25) is 4.79 Å². The Kier molecular flexibility index (Phi) is 2.07. The first-order valence-corrected chi connectivity index (χ1v) is 4.56. The summed E-state index contributed by atoms with van der Waals surface area (Å²) in [4.78, 5) is 16.4. The average molecular weight is 183 g/mol. The standard InChI is InChI=1S/C9H13NO3/c1-7(11)8-6-9(13-10-8)2-4-12-5-3-9/h2-6H2,1H3. The van der Waals surface area contributed by atoms with Crippen LogP contribution in [0.3, 0.4) is 0 Å². The summed E-state index contributed by atoms with van der Waals surface area (Å²) in [6, 6.07) is 0. The first-order valence-electron chi connectivity index (χ1n) is 4.56. The number of Topliss-reactive ketones (excluding diaryl/α,β-unsaturated/α-hetero) is 1. The van der Waals surface area contributed by atoms with E-state index in [-0.39, 0.29) is 11.4 Å². The Balaban J connectivity index is 2.02. The lowest BCUT2D eigenvalue weighted by Gasteiger charge is -2.30. The third-order valence-electron chi connectivity index (χ3n) is 2.65. The molecule has 2 aliphatic rings. The van der Waals surface area contributed by atoms with Crippen molar-refractivity contribution < 1.29 is 14.4 Å². The SMILES string of the molecule is CC(=O)C1=NOC2(CCOCC2)C1. The summed E-state index contributed by atoms with van der Waals surface area (Å²) in [5, 5.41) is 3.82. The average Bonchev–Trinajstić information content (AvgIpc) is 2.51. The van der Waals surface area contributed by atoms with Crippen molar-refractivity contribution in [2.75, 3.05) is 13.2 Å². The highest BCUT2D eigenvalue weighted by molar-refractivity contribution is 6.39. The molecule has 0 aliphatic carbocycles. The number of ether oxygens (including phenoxy) is 1. The van der Waals surface area contributed by atoms with Crippen LogP contribution in [0, 0.1) is 0 Å². The maximum atomic E-state index is 11.0. The number of carbonyl (C=O) groups is 1. The summed E-state index contributed by atoms with van der Waals surface area (Å²) >= 11 is 0. The van der Waals surface area contributed by atoms with Gasteiger partial charge in [-0.1, -0.05) is 5.16 Å². The summed E-state index contributed by atoms with van der Waals surface area (Å²) in [5.41, 5.74) is 0.348. The van der Waals surface area contributed by atoms with E-state index in [1.54, 1.807) is 0 Å². The molecule has 1 saturated heterocycles. The molecule has 0 radical (unpaired) electrons. The Labute approximate surface area is 76.9 Å². The van der Waals surface area contributed by atoms with Crippen molar-refractivity contribution in [1.82, 2.24) is 0 Å². The van der Waals surface area contributed by atoms with Crippen molar-refractivity contribution in [3.8, 4) is 0 Å². The molecule has 0 amide bonds. The summed E-state index contributed by atoms with van der Waals surface area (Å²) in [5.74, 6) is 0.0170. The van der Waals surface area contributed by atoms with Gasteiger partial charge in [-0.25, -0.2) is 0 Å². The van der Waals surface area contributed by atoms with Crippen LogP contribution in [0.1, 0.15) is 26.2 Å².